The molecular weight excluding hydrogens is 288 g/mol. The number of ketones is 1. The van der Waals surface area contributed by atoms with E-state index in [4.69, 9.17) is 4.74 Å². The fourth-order valence-corrected chi connectivity index (χ4v) is 2.24. The van der Waals surface area contributed by atoms with Gasteiger partial charge in [0.2, 0.25) is 0 Å². The summed E-state index contributed by atoms with van der Waals surface area (Å²) in [6, 6.07) is 4.96. The summed E-state index contributed by atoms with van der Waals surface area (Å²) < 4.78 is 58.0. The molecule has 6 heteroatoms. The molecule has 0 bridgehead atoms. The van der Waals surface area contributed by atoms with Gasteiger partial charge >= 0.3 is 0 Å². The van der Waals surface area contributed by atoms with Crippen LogP contribution >= 0.6 is 0 Å². The van der Waals surface area contributed by atoms with E-state index in [9.17, 15) is 22.4 Å². The molecule has 2 aromatic carbocycles. The van der Waals surface area contributed by atoms with Crippen molar-refractivity contribution in [3.8, 4) is 5.75 Å². The molecule has 0 radical (unpaired) electrons. The smallest absolute Gasteiger partial charge is 0.194 e. The molecule has 3 rings (SSSR count). The van der Waals surface area contributed by atoms with Crippen molar-refractivity contribution in [1.29, 1.82) is 0 Å². The molecule has 0 spiro atoms. The van der Waals surface area contributed by atoms with E-state index >= 15 is 0 Å². The Hall–Kier alpha value is -2.37. The first-order valence-electron chi connectivity index (χ1n) is 6.09. The molecule has 0 aromatic heterocycles. The van der Waals surface area contributed by atoms with Gasteiger partial charge in [0, 0.05) is 6.07 Å². The highest BCUT2D eigenvalue weighted by atomic mass is 19.2. The minimum atomic E-state index is -1.59. The van der Waals surface area contributed by atoms with Gasteiger partial charge in [-0.3, -0.25) is 4.79 Å². The van der Waals surface area contributed by atoms with Crippen LogP contribution in [0.3, 0.4) is 0 Å². The van der Waals surface area contributed by atoms with Gasteiger partial charge in [-0.2, -0.15) is 0 Å². The van der Waals surface area contributed by atoms with Crippen molar-refractivity contribution in [2.75, 3.05) is 0 Å². The molecule has 1 unspecified atom stereocenters. The van der Waals surface area contributed by atoms with Gasteiger partial charge in [0.25, 0.3) is 0 Å². The number of benzene rings is 2. The fourth-order valence-electron chi connectivity index (χ4n) is 2.24. The van der Waals surface area contributed by atoms with Crippen LogP contribution in [0.25, 0.3) is 0 Å². The van der Waals surface area contributed by atoms with E-state index in [0.717, 1.165) is 24.3 Å². The minimum Gasteiger partial charge on any atom is -0.484 e. The lowest BCUT2D eigenvalue weighted by molar-refractivity contribution is 0.0848. The molecule has 2 nitrogen and oxygen atoms in total. The summed E-state index contributed by atoms with van der Waals surface area (Å²) in [6.07, 6.45) is -1.15. The molecule has 0 amide bonds. The average Bonchev–Trinajstić information content (AvgIpc) is 2.43. The van der Waals surface area contributed by atoms with Crippen LogP contribution < -0.4 is 4.74 Å². The van der Waals surface area contributed by atoms with E-state index in [2.05, 4.69) is 0 Å². The Kier molecular flexibility index (Phi) is 3.16. The number of hydrogen-bond acceptors (Lipinski definition) is 2. The molecule has 0 fully saturated rings. The zero-order valence-electron chi connectivity index (χ0n) is 10.5. The number of halogens is 4. The SMILES string of the molecule is O=C1CC(c2cc(F)c(F)c(F)c2)Oc2cc(F)ccc21. The Labute approximate surface area is 117 Å². The first-order valence-corrected chi connectivity index (χ1v) is 6.09. The van der Waals surface area contributed by atoms with E-state index in [-0.39, 0.29) is 29.1 Å². The van der Waals surface area contributed by atoms with Crippen LogP contribution in [-0.2, 0) is 0 Å². The number of carbonyl (C=O) groups excluding carboxylic acids is 1. The largest absolute Gasteiger partial charge is 0.484 e. The summed E-state index contributed by atoms with van der Waals surface area (Å²) in [5, 5.41) is 0. The third kappa shape index (κ3) is 2.37. The Balaban J connectivity index is 2.01. The fraction of sp³-hybridized carbons (Fsp3) is 0.133. The van der Waals surface area contributed by atoms with Gasteiger partial charge in [-0.05, 0) is 29.8 Å². The highest BCUT2D eigenvalue weighted by molar-refractivity contribution is 5.99. The first kappa shape index (κ1) is 13.6. The second-order valence-electron chi connectivity index (χ2n) is 4.67. The average molecular weight is 296 g/mol. The normalized spacial score (nSPS) is 17.3. The Bertz CT molecular complexity index is 719. The lowest BCUT2D eigenvalue weighted by Crippen LogP contribution is -2.21. The Morgan fingerprint density at radius 1 is 1.00 bits per heavy atom. The second-order valence-corrected chi connectivity index (χ2v) is 4.67. The van der Waals surface area contributed by atoms with Gasteiger partial charge in [-0.1, -0.05) is 0 Å². The summed E-state index contributed by atoms with van der Waals surface area (Å²) in [5.74, 6) is -5.27. The highest BCUT2D eigenvalue weighted by Crippen LogP contribution is 2.35. The van der Waals surface area contributed by atoms with Crippen molar-refractivity contribution in [2.45, 2.75) is 12.5 Å². The van der Waals surface area contributed by atoms with Crippen molar-refractivity contribution in [1.82, 2.24) is 0 Å². The van der Waals surface area contributed by atoms with E-state index < -0.39 is 29.4 Å². The lowest BCUT2D eigenvalue weighted by Gasteiger charge is -2.25. The summed E-state index contributed by atoms with van der Waals surface area (Å²) in [7, 11) is 0. The number of rotatable bonds is 1. The zero-order chi connectivity index (χ0) is 15.1. The number of hydrogen-bond donors (Lipinski definition) is 0. The molecule has 21 heavy (non-hydrogen) atoms. The van der Waals surface area contributed by atoms with Crippen molar-refractivity contribution >= 4 is 5.78 Å². The second kappa shape index (κ2) is 4.87. The quantitative estimate of drug-likeness (QED) is 0.588. The van der Waals surface area contributed by atoms with Crippen LogP contribution in [0.1, 0.15) is 28.4 Å². The van der Waals surface area contributed by atoms with Gasteiger partial charge < -0.3 is 4.74 Å². The molecule has 0 saturated heterocycles. The van der Waals surface area contributed by atoms with Gasteiger partial charge in [0.15, 0.2) is 23.2 Å². The number of carbonyl (C=O) groups is 1. The molecule has 0 aliphatic carbocycles. The molecular formula is C15H8F4O2. The molecule has 1 atom stereocenters. The van der Waals surface area contributed by atoms with Crippen molar-refractivity contribution in [2.24, 2.45) is 0 Å². The molecule has 0 N–H and O–H groups in total. The van der Waals surface area contributed by atoms with Crippen molar-refractivity contribution in [3.63, 3.8) is 0 Å². The highest BCUT2D eigenvalue weighted by Gasteiger charge is 2.29. The molecule has 1 heterocycles. The monoisotopic (exact) mass is 296 g/mol. The molecule has 1 aliphatic rings. The van der Waals surface area contributed by atoms with E-state index in [1.54, 1.807) is 0 Å². The third-order valence-corrected chi connectivity index (χ3v) is 3.26. The van der Waals surface area contributed by atoms with Crippen LogP contribution in [0.15, 0.2) is 30.3 Å². The van der Waals surface area contributed by atoms with Crippen molar-refractivity contribution in [3.05, 3.63) is 64.7 Å². The maximum atomic E-state index is 13.2. The zero-order valence-corrected chi connectivity index (χ0v) is 10.5. The van der Waals surface area contributed by atoms with E-state index in [0.29, 0.717) is 0 Å². The molecule has 1 aliphatic heterocycles. The summed E-state index contributed by atoms with van der Waals surface area (Å²) in [5.41, 5.74) is 0.186. The Morgan fingerprint density at radius 3 is 2.33 bits per heavy atom. The van der Waals surface area contributed by atoms with E-state index in [1.165, 1.54) is 6.07 Å². The number of Topliss-reactive ketones (excluding diaryl/α,β-unsaturated/α-hetero) is 1. The van der Waals surface area contributed by atoms with Gasteiger partial charge in [0.1, 0.15) is 17.7 Å². The predicted octanol–water partition coefficient (Wildman–Crippen LogP) is 3.95. The van der Waals surface area contributed by atoms with Gasteiger partial charge in [-0.15, -0.1) is 0 Å². The summed E-state index contributed by atoms with van der Waals surface area (Å²) >= 11 is 0. The lowest BCUT2D eigenvalue weighted by atomic mass is 9.96. The standard InChI is InChI=1S/C15H8F4O2/c16-8-1-2-9-12(20)6-13(21-14(9)5-8)7-3-10(17)15(19)11(18)4-7/h1-5,13H,6H2. The number of ether oxygens (including phenoxy) is 1. The first-order chi connectivity index (χ1) is 9.95. The van der Waals surface area contributed by atoms with Crippen molar-refractivity contribution < 1.29 is 27.1 Å². The van der Waals surface area contributed by atoms with E-state index in [1.807, 2.05) is 0 Å². The maximum Gasteiger partial charge on any atom is 0.194 e. The molecule has 2 aromatic rings. The third-order valence-electron chi connectivity index (χ3n) is 3.26. The summed E-state index contributed by atoms with van der Waals surface area (Å²) in [6.45, 7) is 0. The topological polar surface area (TPSA) is 26.3 Å². The molecule has 108 valence electrons. The van der Waals surface area contributed by atoms with Crippen LogP contribution in [0.2, 0.25) is 0 Å². The van der Waals surface area contributed by atoms with Gasteiger partial charge in [0.05, 0.1) is 12.0 Å². The van der Waals surface area contributed by atoms with Crippen LogP contribution in [0, 0.1) is 23.3 Å². The van der Waals surface area contributed by atoms with Crippen LogP contribution in [0.4, 0.5) is 17.6 Å². The van der Waals surface area contributed by atoms with Crippen LogP contribution in [-0.4, -0.2) is 5.78 Å². The Morgan fingerprint density at radius 2 is 1.67 bits per heavy atom. The number of fused-ring (bicyclic) bond motifs is 1. The van der Waals surface area contributed by atoms with Crippen LogP contribution in [0.5, 0.6) is 5.75 Å². The molecule has 0 saturated carbocycles. The minimum absolute atomic E-state index is 0.00129. The summed E-state index contributed by atoms with van der Waals surface area (Å²) in [4.78, 5) is 12.0. The predicted molar refractivity (Wildman–Crippen MR) is 65.0 cm³/mol. The van der Waals surface area contributed by atoms with Gasteiger partial charge in [-0.25, -0.2) is 17.6 Å². The maximum absolute atomic E-state index is 13.2.